The summed E-state index contributed by atoms with van der Waals surface area (Å²) in [6, 6.07) is 0. The molecule has 0 fully saturated rings. The normalized spacial score (nSPS) is 7.25. The second-order valence-corrected chi connectivity index (χ2v) is 1.18. The van der Waals surface area contributed by atoms with E-state index in [-0.39, 0.29) is 19.0 Å². The standard InChI is InChI=1S/C3H6ClNO2.ClH/c4-3(6)7-2-1-5;/h1-2,5H2;1H. The van der Waals surface area contributed by atoms with Crippen molar-refractivity contribution in [3.8, 4) is 0 Å². The van der Waals surface area contributed by atoms with Crippen LogP contribution in [0.5, 0.6) is 0 Å². The second-order valence-electron chi connectivity index (χ2n) is 0.875. The van der Waals surface area contributed by atoms with E-state index in [4.69, 9.17) is 17.3 Å². The SMILES string of the molecule is Cl.NCCOC(=O)Cl. The van der Waals surface area contributed by atoms with Crippen molar-refractivity contribution >= 4 is 29.4 Å². The van der Waals surface area contributed by atoms with Gasteiger partial charge < -0.3 is 10.5 Å². The predicted octanol–water partition coefficient (Wildman–Crippen LogP) is 0.742. The largest absolute Gasteiger partial charge is 0.452 e. The van der Waals surface area contributed by atoms with Gasteiger partial charge in [-0.1, -0.05) is 0 Å². The van der Waals surface area contributed by atoms with Crippen molar-refractivity contribution in [2.75, 3.05) is 13.2 Å². The minimum Gasteiger partial charge on any atom is -0.452 e. The monoisotopic (exact) mass is 159 g/mol. The summed E-state index contributed by atoms with van der Waals surface area (Å²) in [6.45, 7) is 0.515. The zero-order valence-corrected chi connectivity index (χ0v) is 5.67. The van der Waals surface area contributed by atoms with Crippen molar-refractivity contribution in [1.29, 1.82) is 0 Å². The number of rotatable bonds is 2. The lowest BCUT2D eigenvalue weighted by molar-refractivity contribution is 0.177. The zero-order chi connectivity index (χ0) is 5.70. The number of nitrogens with two attached hydrogens (primary N) is 1. The molecule has 0 saturated heterocycles. The van der Waals surface area contributed by atoms with Gasteiger partial charge >= 0.3 is 5.43 Å². The predicted molar refractivity (Wildman–Crippen MR) is 33.5 cm³/mol. The molecule has 0 aliphatic heterocycles. The summed E-state index contributed by atoms with van der Waals surface area (Å²) in [5.41, 5.74) is 4.14. The molecule has 0 spiro atoms. The van der Waals surface area contributed by atoms with Gasteiger partial charge in [0.05, 0.1) is 0 Å². The van der Waals surface area contributed by atoms with E-state index in [2.05, 4.69) is 4.74 Å². The molecular formula is C3H7Cl2NO2. The molecule has 0 aromatic carbocycles. The number of halogens is 2. The molecule has 2 N–H and O–H groups in total. The van der Waals surface area contributed by atoms with Gasteiger partial charge in [0.15, 0.2) is 0 Å². The van der Waals surface area contributed by atoms with Crippen molar-refractivity contribution in [1.82, 2.24) is 0 Å². The first-order valence-corrected chi connectivity index (χ1v) is 2.17. The number of carbonyl (C=O) groups is 1. The molecule has 0 unspecified atom stereocenters. The van der Waals surface area contributed by atoms with Gasteiger partial charge in [0.1, 0.15) is 6.61 Å². The highest BCUT2D eigenvalue weighted by Crippen LogP contribution is 1.82. The van der Waals surface area contributed by atoms with Crippen molar-refractivity contribution in [2.24, 2.45) is 5.73 Å². The van der Waals surface area contributed by atoms with Gasteiger partial charge in [-0.15, -0.1) is 12.4 Å². The third-order valence-corrected chi connectivity index (χ3v) is 0.443. The molecular weight excluding hydrogens is 153 g/mol. The minimum atomic E-state index is -0.801. The summed E-state index contributed by atoms with van der Waals surface area (Å²) < 4.78 is 4.19. The van der Waals surface area contributed by atoms with Crippen molar-refractivity contribution in [3.05, 3.63) is 0 Å². The molecule has 50 valence electrons. The third kappa shape index (κ3) is 9.38. The Bertz CT molecular complexity index is 68.3. The van der Waals surface area contributed by atoms with Gasteiger partial charge in [0.25, 0.3) is 0 Å². The molecule has 0 heterocycles. The van der Waals surface area contributed by atoms with Gasteiger partial charge in [-0.25, -0.2) is 4.79 Å². The average Bonchev–Trinajstić information content (AvgIpc) is 1.61. The molecule has 0 rings (SSSR count). The second kappa shape index (κ2) is 7.01. The van der Waals surface area contributed by atoms with E-state index in [1.54, 1.807) is 0 Å². The Labute approximate surface area is 58.5 Å². The van der Waals surface area contributed by atoms with Crippen LogP contribution in [0.4, 0.5) is 4.79 Å². The molecule has 0 aliphatic rings. The van der Waals surface area contributed by atoms with E-state index < -0.39 is 5.43 Å². The number of carbonyl (C=O) groups excluding carboxylic acids is 1. The molecule has 0 atom stereocenters. The summed E-state index contributed by atoms with van der Waals surface area (Å²) in [6.07, 6.45) is 0. The molecule has 0 radical (unpaired) electrons. The van der Waals surface area contributed by atoms with Crippen molar-refractivity contribution in [3.63, 3.8) is 0 Å². The highest BCUT2D eigenvalue weighted by molar-refractivity contribution is 6.61. The van der Waals surface area contributed by atoms with Gasteiger partial charge in [0.2, 0.25) is 0 Å². The maximum atomic E-state index is 9.69. The van der Waals surface area contributed by atoms with Crippen LogP contribution < -0.4 is 5.73 Å². The summed E-state index contributed by atoms with van der Waals surface area (Å²) in [4.78, 5) is 9.69. The van der Waals surface area contributed by atoms with Crippen LogP contribution in [-0.2, 0) is 4.74 Å². The molecule has 0 bridgehead atoms. The molecule has 0 amide bonds. The van der Waals surface area contributed by atoms with Crippen LogP contribution >= 0.6 is 24.0 Å². The Kier molecular flexibility index (Phi) is 9.55. The first-order chi connectivity index (χ1) is 3.27. The Morgan fingerprint density at radius 1 is 1.75 bits per heavy atom. The highest BCUT2D eigenvalue weighted by Gasteiger charge is 1.89. The third-order valence-electron chi connectivity index (χ3n) is 0.333. The van der Waals surface area contributed by atoms with Gasteiger partial charge in [-0.3, -0.25) is 0 Å². The number of hydrogen-bond donors (Lipinski definition) is 1. The lowest BCUT2D eigenvalue weighted by Gasteiger charge is -1.91. The van der Waals surface area contributed by atoms with Crippen LogP contribution in [-0.4, -0.2) is 18.6 Å². The fourth-order valence-corrected chi connectivity index (χ4v) is 0.216. The Hall–Kier alpha value is 0.01000. The molecule has 8 heavy (non-hydrogen) atoms. The lowest BCUT2D eigenvalue weighted by Crippen LogP contribution is -2.08. The highest BCUT2D eigenvalue weighted by atomic mass is 35.5. The summed E-state index contributed by atoms with van der Waals surface area (Å²) in [7, 11) is 0. The van der Waals surface area contributed by atoms with Crippen LogP contribution in [0.3, 0.4) is 0 Å². The fraction of sp³-hybridized carbons (Fsp3) is 0.667. The molecule has 0 aromatic heterocycles. The van der Waals surface area contributed by atoms with E-state index in [1.807, 2.05) is 0 Å². The van der Waals surface area contributed by atoms with Crippen LogP contribution in [0.25, 0.3) is 0 Å². The van der Waals surface area contributed by atoms with Crippen LogP contribution in [0.2, 0.25) is 0 Å². The first-order valence-electron chi connectivity index (χ1n) is 1.79. The molecule has 0 aliphatic carbocycles. The average molecular weight is 160 g/mol. The Morgan fingerprint density at radius 2 is 2.25 bits per heavy atom. The maximum absolute atomic E-state index is 9.69. The van der Waals surface area contributed by atoms with Crippen LogP contribution in [0, 0.1) is 0 Å². The molecule has 0 aromatic rings. The van der Waals surface area contributed by atoms with E-state index in [1.165, 1.54) is 0 Å². The number of ether oxygens (including phenoxy) is 1. The lowest BCUT2D eigenvalue weighted by atomic mass is 10.7. The molecule has 0 saturated carbocycles. The smallest absolute Gasteiger partial charge is 0.403 e. The van der Waals surface area contributed by atoms with Crippen LogP contribution in [0.15, 0.2) is 0 Å². The topological polar surface area (TPSA) is 52.3 Å². The van der Waals surface area contributed by atoms with E-state index in [9.17, 15) is 4.79 Å². The van der Waals surface area contributed by atoms with Crippen molar-refractivity contribution in [2.45, 2.75) is 0 Å². The fourth-order valence-electron chi connectivity index (χ4n) is 0.139. The van der Waals surface area contributed by atoms with Crippen LogP contribution in [0.1, 0.15) is 0 Å². The zero-order valence-electron chi connectivity index (χ0n) is 4.09. The molecule has 3 nitrogen and oxygen atoms in total. The first kappa shape index (κ1) is 10.9. The minimum absolute atomic E-state index is 0. The quantitative estimate of drug-likeness (QED) is 0.606. The molecule has 5 heteroatoms. The van der Waals surface area contributed by atoms with E-state index in [0.29, 0.717) is 6.54 Å². The Morgan fingerprint density at radius 3 is 2.38 bits per heavy atom. The summed E-state index contributed by atoms with van der Waals surface area (Å²) >= 11 is 4.74. The van der Waals surface area contributed by atoms with E-state index in [0.717, 1.165) is 0 Å². The van der Waals surface area contributed by atoms with Gasteiger partial charge in [0, 0.05) is 18.1 Å². The summed E-state index contributed by atoms with van der Waals surface area (Å²) in [5, 5.41) is 0. The van der Waals surface area contributed by atoms with E-state index >= 15 is 0 Å². The summed E-state index contributed by atoms with van der Waals surface area (Å²) in [5.74, 6) is 0. The number of hydrogen-bond acceptors (Lipinski definition) is 3. The maximum Gasteiger partial charge on any atom is 0.403 e. The van der Waals surface area contributed by atoms with Crippen molar-refractivity contribution < 1.29 is 9.53 Å². The van der Waals surface area contributed by atoms with Gasteiger partial charge in [-0.2, -0.15) is 0 Å². The Balaban J connectivity index is 0. The van der Waals surface area contributed by atoms with Gasteiger partial charge in [-0.05, 0) is 0 Å².